The van der Waals surface area contributed by atoms with Crippen LogP contribution >= 0.6 is 0 Å². The predicted molar refractivity (Wildman–Crippen MR) is 70.0 cm³/mol. The molecule has 0 spiro atoms. The number of hydrogen-bond donors (Lipinski definition) is 0. The fraction of sp³-hybridized carbons (Fsp3) is 0.357. The molecule has 1 heterocycles. The average Bonchev–Trinajstić information content (AvgIpc) is 2.49. The summed E-state index contributed by atoms with van der Waals surface area (Å²) in [6.07, 6.45) is 2.01. The summed E-state index contributed by atoms with van der Waals surface area (Å²) in [5.74, 6) is -0.663. The highest BCUT2D eigenvalue weighted by atomic mass is 16.6. The standard InChI is InChI=1S/C14H14N2O4/c17-10-15-12-6-8-16(9-7-12)14(19)20-13(18)11-4-2-1-3-5-11/h1-5,12H,6-9H2. The Kier molecular flexibility index (Phi) is 4.63. The van der Waals surface area contributed by atoms with Gasteiger partial charge in [-0.15, -0.1) is 0 Å². The second-order valence-electron chi connectivity index (χ2n) is 4.46. The average molecular weight is 274 g/mol. The van der Waals surface area contributed by atoms with Crippen molar-refractivity contribution in [1.29, 1.82) is 0 Å². The fourth-order valence-corrected chi connectivity index (χ4v) is 2.03. The number of ether oxygens (including phenoxy) is 1. The summed E-state index contributed by atoms with van der Waals surface area (Å²) in [5.41, 5.74) is 0.335. The normalized spacial score (nSPS) is 15.3. The number of esters is 1. The zero-order valence-corrected chi connectivity index (χ0v) is 10.8. The molecule has 1 amide bonds. The molecular formula is C14H14N2O4. The van der Waals surface area contributed by atoms with Crippen molar-refractivity contribution in [1.82, 2.24) is 4.90 Å². The minimum atomic E-state index is -0.663. The van der Waals surface area contributed by atoms with Crippen molar-refractivity contribution in [3.63, 3.8) is 0 Å². The number of amides is 1. The van der Waals surface area contributed by atoms with E-state index in [1.54, 1.807) is 30.3 Å². The number of hydrogen-bond acceptors (Lipinski definition) is 5. The first kappa shape index (κ1) is 14.0. The maximum Gasteiger partial charge on any atom is 0.417 e. The third-order valence-corrected chi connectivity index (χ3v) is 3.15. The summed E-state index contributed by atoms with van der Waals surface area (Å²) >= 11 is 0. The second-order valence-corrected chi connectivity index (χ2v) is 4.46. The Morgan fingerprint density at radius 2 is 1.85 bits per heavy atom. The Balaban J connectivity index is 1.87. The number of carbonyl (C=O) groups excluding carboxylic acids is 3. The molecule has 0 saturated carbocycles. The molecule has 1 aromatic rings. The molecule has 1 aromatic carbocycles. The van der Waals surface area contributed by atoms with E-state index in [-0.39, 0.29) is 6.04 Å². The lowest BCUT2D eigenvalue weighted by atomic mass is 10.1. The predicted octanol–water partition coefficient (Wildman–Crippen LogP) is 1.76. The van der Waals surface area contributed by atoms with Crippen molar-refractivity contribution in [2.24, 2.45) is 4.99 Å². The monoisotopic (exact) mass is 274 g/mol. The Labute approximate surface area is 116 Å². The first-order valence-electron chi connectivity index (χ1n) is 6.34. The zero-order chi connectivity index (χ0) is 14.4. The third kappa shape index (κ3) is 3.52. The van der Waals surface area contributed by atoms with Crippen LogP contribution in [-0.2, 0) is 9.53 Å². The van der Waals surface area contributed by atoms with E-state index >= 15 is 0 Å². The molecule has 1 saturated heterocycles. The van der Waals surface area contributed by atoms with Gasteiger partial charge in [0.2, 0.25) is 6.08 Å². The third-order valence-electron chi connectivity index (χ3n) is 3.15. The fourth-order valence-electron chi connectivity index (χ4n) is 2.03. The van der Waals surface area contributed by atoms with Gasteiger partial charge in [-0.05, 0) is 25.0 Å². The molecule has 2 rings (SSSR count). The quantitative estimate of drug-likeness (QED) is 0.356. The van der Waals surface area contributed by atoms with Gasteiger partial charge < -0.3 is 9.64 Å². The number of rotatable bonds is 2. The van der Waals surface area contributed by atoms with E-state index < -0.39 is 12.1 Å². The van der Waals surface area contributed by atoms with Gasteiger partial charge in [-0.25, -0.2) is 19.4 Å². The van der Waals surface area contributed by atoms with Gasteiger partial charge in [0, 0.05) is 13.1 Å². The van der Waals surface area contributed by atoms with Crippen LogP contribution in [0.4, 0.5) is 4.79 Å². The Morgan fingerprint density at radius 3 is 2.45 bits per heavy atom. The summed E-state index contributed by atoms with van der Waals surface area (Å²) in [7, 11) is 0. The van der Waals surface area contributed by atoms with Crippen LogP contribution in [0.25, 0.3) is 0 Å². The van der Waals surface area contributed by atoms with Crippen LogP contribution in [0.2, 0.25) is 0 Å². The highest BCUT2D eigenvalue weighted by molar-refractivity contribution is 5.96. The van der Waals surface area contributed by atoms with Crippen molar-refractivity contribution in [2.75, 3.05) is 13.1 Å². The highest BCUT2D eigenvalue weighted by Gasteiger charge is 2.25. The second kappa shape index (κ2) is 6.63. The van der Waals surface area contributed by atoms with Crippen molar-refractivity contribution >= 4 is 18.1 Å². The molecule has 6 nitrogen and oxygen atoms in total. The number of benzene rings is 1. The SMILES string of the molecule is O=C=NC1CCN(C(=O)OC(=O)c2ccccc2)CC1. The van der Waals surface area contributed by atoms with Crippen molar-refractivity contribution in [2.45, 2.75) is 18.9 Å². The Bertz CT molecular complexity index is 529. The highest BCUT2D eigenvalue weighted by Crippen LogP contribution is 2.14. The van der Waals surface area contributed by atoms with Gasteiger partial charge in [0.05, 0.1) is 11.6 Å². The number of aliphatic imine (C=N–C) groups is 1. The molecule has 20 heavy (non-hydrogen) atoms. The van der Waals surface area contributed by atoms with Gasteiger partial charge in [0.1, 0.15) is 0 Å². The number of isocyanates is 1. The molecule has 0 aromatic heterocycles. The molecule has 0 aliphatic carbocycles. The topological polar surface area (TPSA) is 76.0 Å². The maximum absolute atomic E-state index is 11.8. The van der Waals surface area contributed by atoms with Gasteiger partial charge in [0.15, 0.2) is 0 Å². The van der Waals surface area contributed by atoms with Gasteiger partial charge in [-0.3, -0.25) is 0 Å². The molecule has 0 bridgehead atoms. The van der Waals surface area contributed by atoms with Crippen LogP contribution in [0.3, 0.4) is 0 Å². The molecule has 0 N–H and O–H groups in total. The van der Waals surface area contributed by atoms with E-state index in [0.717, 1.165) is 0 Å². The molecule has 6 heteroatoms. The van der Waals surface area contributed by atoms with Crippen LogP contribution in [-0.4, -0.2) is 42.2 Å². The zero-order valence-electron chi connectivity index (χ0n) is 10.8. The molecule has 0 radical (unpaired) electrons. The first-order chi connectivity index (χ1) is 9.70. The van der Waals surface area contributed by atoms with E-state index in [0.29, 0.717) is 31.5 Å². The Hall–Kier alpha value is -2.46. The van der Waals surface area contributed by atoms with Crippen LogP contribution in [0.15, 0.2) is 35.3 Å². The number of carbonyl (C=O) groups is 2. The van der Waals surface area contributed by atoms with E-state index in [4.69, 9.17) is 4.74 Å². The largest absolute Gasteiger partial charge is 0.417 e. The van der Waals surface area contributed by atoms with Crippen molar-refractivity contribution < 1.29 is 19.1 Å². The van der Waals surface area contributed by atoms with Crippen LogP contribution in [0.5, 0.6) is 0 Å². The van der Waals surface area contributed by atoms with Gasteiger partial charge in [-0.1, -0.05) is 18.2 Å². The van der Waals surface area contributed by atoms with Gasteiger partial charge in [0.25, 0.3) is 0 Å². The number of nitrogens with zero attached hydrogens (tertiary/aromatic N) is 2. The molecule has 0 atom stereocenters. The smallest absolute Gasteiger partial charge is 0.372 e. The lowest BCUT2D eigenvalue weighted by Gasteiger charge is -2.28. The lowest BCUT2D eigenvalue weighted by Crippen LogP contribution is -2.40. The van der Waals surface area contributed by atoms with Crippen LogP contribution in [0, 0.1) is 0 Å². The summed E-state index contributed by atoms with van der Waals surface area (Å²) in [6, 6.07) is 8.24. The van der Waals surface area contributed by atoms with Crippen LogP contribution in [0.1, 0.15) is 23.2 Å². The summed E-state index contributed by atoms with van der Waals surface area (Å²) in [5, 5.41) is 0. The number of piperidine rings is 1. The Morgan fingerprint density at radius 1 is 1.20 bits per heavy atom. The van der Waals surface area contributed by atoms with Crippen molar-refractivity contribution in [3.05, 3.63) is 35.9 Å². The lowest BCUT2D eigenvalue weighted by molar-refractivity contribution is 0.0523. The molecular weight excluding hydrogens is 260 g/mol. The molecule has 1 fully saturated rings. The summed E-state index contributed by atoms with van der Waals surface area (Å²) in [4.78, 5) is 38.8. The van der Waals surface area contributed by atoms with E-state index in [9.17, 15) is 14.4 Å². The summed E-state index contributed by atoms with van der Waals surface area (Å²) in [6.45, 7) is 0.827. The van der Waals surface area contributed by atoms with Crippen molar-refractivity contribution in [3.8, 4) is 0 Å². The van der Waals surface area contributed by atoms with Gasteiger partial charge >= 0.3 is 12.1 Å². The maximum atomic E-state index is 11.8. The van der Waals surface area contributed by atoms with E-state index in [1.165, 1.54) is 11.0 Å². The molecule has 1 aliphatic heterocycles. The number of likely N-dealkylation sites (tertiary alicyclic amines) is 1. The van der Waals surface area contributed by atoms with Crippen LogP contribution < -0.4 is 0 Å². The molecule has 1 aliphatic rings. The molecule has 0 unspecified atom stereocenters. The molecule has 104 valence electrons. The van der Waals surface area contributed by atoms with Gasteiger partial charge in [-0.2, -0.15) is 0 Å². The summed E-state index contributed by atoms with van der Waals surface area (Å²) < 4.78 is 4.81. The van der Waals surface area contributed by atoms with E-state index in [2.05, 4.69) is 4.99 Å². The van der Waals surface area contributed by atoms with E-state index in [1.807, 2.05) is 0 Å². The first-order valence-corrected chi connectivity index (χ1v) is 6.34. The minimum Gasteiger partial charge on any atom is -0.372 e. The minimum absolute atomic E-state index is 0.0959.